The number of aryl methyl sites for hydroxylation is 1. The lowest BCUT2D eigenvalue weighted by Gasteiger charge is -2.35. The molecule has 1 aliphatic heterocycles. The van der Waals surface area contributed by atoms with Gasteiger partial charge in [0.15, 0.2) is 5.69 Å². The molecule has 7 heteroatoms. The van der Waals surface area contributed by atoms with Crippen molar-refractivity contribution in [2.45, 2.75) is 58.6 Å². The van der Waals surface area contributed by atoms with Gasteiger partial charge in [0, 0.05) is 19.2 Å². The van der Waals surface area contributed by atoms with E-state index < -0.39 is 5.97 Å². The Hall–Kier alpha value is -1.60. The van der Waals surface area contributed by atoms with E-state index in [1.807, 2.05) is 11.8 Å². The monoisotopic (exact) mass is 339 g/mol. The zero-order valence-corrected chi connectivity index (χ0v) is 14.9. The highest BCUT2D eigenvalue weighted by atomic mass is 16.5. The largest absolute Gasteiger partial charge is 0.461 e. The predicted molar refractivity (Wildman–Crippen MR) is 91.3 cm³/mol. The van der Waals surface area contributed by atoms with Gasteiger partial charge in [0.25, 0.3) is 6.01 Å². The van der Waals surface area contributed by atoms with Gasteiger partial charge in [0.05, 0.1) is 19.3 Å². The summed E-state index contributed by atoms with van der Waals surface area (Å²) in [6, 6.07) is 0.453. The van der Waals surface area contributed by atoms with E-state index in [1.165, 1.54) is 0 Å². The van der Waals surface area contributed by atoms with Crippen LogP contribution in [0.5, 0.6) is 0 Å². The molecule has 1 aliphatic rings. The van der Waals surface area contributed by atoms with Crippen molar-refractivity contribution in [2.24, 2.45) is 5.73 Å². The maximum Gasteiger partial charge on any atom is 0.360 e. The first-order chi connectivity index (χ1) is 11.6. The minimum atomic E-state index is -0.427. The summed E-state index contributed by atoms with van der Waals surface area (Å²) in [7, 11) is 0. The number of carbonyl (C=O) groups is 1. The number of oxazole rings is 1. The zero-order valence-electron chi connectivity index (χ0n) is 14.9. The number of esters is 1. The standard InChI is InChI=1S/C17H29N3O4/c1-4-6-10-23-16(21)15-12(3)24-17(19-15)20-8-7-13(18)14(11-20)22-9-5-2/h13-14H,4-11,18H2,1-3H3/t13-,14+/m0/s1. The molecule has 2 heterocycles. The molecule has 0 saturated carbocycles. The second-order valence-electron chi connectivity index (χ2n) is 6.20. The summed E-state index contributed by atoms with van der Waals surface area (Å²) >= 11 is 0. The van der Waals surface area contributed by atoms with E-state index >= 15 is 0 Å². The number of nitrogens with two attached hydrogens (primary N) is 1. The highest BCUT2D eigenvalue weighted by Crippen LogP contribution is 2.23. The van der Waals surface area contributed by atoms with Gasteiger partial charge >= 0.3 is 5.97 Å². The Morgan fingerprint density at radius 3 is 2.88 bits per heavy atom. The SMILES string of the molecule is CCCCOC(=O)c1nc(N2CC[C@H](N)[C@H](OCCC)C2)oc1C. The van der Waals surface area contributed by atoms with Gasteiger partial charge in [-0.05, 0) is 26.2 Å². The average Bonchev–Trinajstić information content (AvgIpc) is 2.96. The van der Waals surface area contributed by atoms with Crippen molar-refractivity contribution < 1.29 is 18.7 Å². The van der Waals surface area contributed by atoms with Crippen LogP contribution in [-0.4, -0.2) is 49.4 Å². The van der Waals surface area contributed by atoms with Crippen LogP contribution in [0.25, 0.3) is 0 Å². The fraction of sp³-hybridized carbons (Fsp3) is 0.765. The van der Waals surface area contributed by atoms with Gasteiger partial charge < -0.3 is 24.5 Å². The van der Waals surface area contributed by atoms with Crippen molar-refractivity contribution in [3.8, 4) is 0 Å². The molecule has 0 radical (unpaired) electrons. The van der Waals surface area contributed by atoms with E-state index in [0.29, 0.717) is 31.5 Å². The first kappa shape index (κ1) is 18.7. The third-order valence-corrected chi connectivity index (χ3v) is 4.13. The van der Waals surface area contributed by atoms with Gasteiger partial charge in [-0.1, -0.05) is 20.3 Å². The Morgan fingerprint density at radius 2 is 2.17 bits per heavy atom. The smallest absolute Gasteiger partial charge is 0.360 e. The minimum Gasteiger partial charge on any atom is -0.461 e. The summed E-state index contributed by atoms with van der Waals surface area (Å²) in [4.78, 5) is 18.4. The topological polar surface area (TPSA) is 90.8 Å². The number of rotatable bonds is 8. The van der Waals surface area contributed by atoms with E-state index in [9.17, 15) is 4.79 Å². The summed E-state index contributed by atoms with van der Waals surface area (Å²) in [5, 5.41) is 0. The molecule has 2 rings (SSSR count). The van der Waals surface area contributed by atoms with Crippen LogP contribution >= 0.6 is 0 Å². The minimum absolute atomic E-state index is 0.0161. The number of nitrogens with zero attached hydrogens (tertiary/aromatic N) is 2. The molecule has 0 spiro atoms. The van der Waals surface area contributed by atoms with Crippen molar-refractivity contribution in [3.63, 3.8) is 0 Å². The molecule has 2 N–H and O–H groups in total. The molecular formula is C17H29N3O4. The molecule has 1 saturated heterocycles. The summed E-state index contributed by atoms with van der Waals surface area (Å²) in [6.45, 7) is 8.29. The Morgan fingerprint density at radius 1 is 1.38 bits per heavy atom. The van der Waals surface area contributed by atoms with Crippen LogP contribution in [0.1, 0.15) is 55.8 Å². The highest BCUT2D eigenvalue weighted by molar-refractivity contribution is 5.88. The van der Waals surface area contributed by atoms with Crippen molar-refractivity contribution >= 4 is 12.0 Å². The number of piperidine rings is 1. The van der Waals surface area contributed by atoms with Crippen molar-refractivity contribution in [1.82, 2.24) is 4.98 Å². The van der Waals surface area contributed by atoms with Crippen LogP contribution in [0.4, 0.5) is 6.01 Å². The van der Waals surface area contributed by atoms with Crippen LogP contribution in [0.15, 0.2) is 4.42 Å². The highest BCUT2D eigenvalue weighted by Gasteiger charge is 2.31. The summed E-state index contributed by atoms with van der Waals surface area (Å²) in [5.41, 5.74) is 6.39. The van der Waals surface area contributed by atoms with Gasteiger partial charge in [-0.2, -0.15) is 4.98 Å². The van der Waals surface area contributed by atoms with Crippen LogP contribution in [0, 0.1) is 6.92 Å². The summed E-state index contributed by atoms with van der Waals surface area (Å²) in [5.74, 6) is 0.0517. The maximum absolute atomic E-state index is 12.1. The fourth-order valence-corrected chi connectivity index (χ4v) is 2.64. The van der Waals surface area contributed by atoms with Crippen LogP contribution in [-0.2, 0) is 9.47 Å². The van der Waals surface area contributed by atoms with E-state index in [0.717, 1.165) is 32.2 Å². The number of hydrogen-bond acceptors (Lipinski definition) is 7. The van der Waals surface area contributed by atoms with E-state index in [4.69, 9.17) is 19.6 Å². The van der Waals surface area contributed by atoms with Crippen molar-refractivity contribution in [3.05, 3.63) is 11.5 Å². The molecule has 0 aromatic carbocycles. The molecule has 1 fully saturated rings. The van der Waals surface area contributed by atoms with Gasteiger partial charge in [-0.3, -0.25) is 0 Å². The normalized spacial score (nSPS) is 21.1. The van der Waals surface area contributed by atoms with Crippen LogP contribution < -0.4 is 10.6 Å². The van der Waals surface area contributed by atoms with Gasteiger partial charge in [0.1, 0.15) is 5.76 Å². The molecule has 0 amide bonds. The fourth-order valence-electron chi connectivity index (χ4n) is 2.64. The second kappa shape index (κ2) is 9.03. The lowest BCUT2D eigenvalue weighted by molar-refractivity contribution is 0.0300. The Labute approximate surface area is 143 Å². The van der Waals surface area contributed by atoms with Crippen LogP contribution in [0.2, 0.25) is 0 Å². The molecule has 1 aromatic heterocycles. The number of unbranched alkanes of at least 4 members (excludes halogenated alkanes) is 1. The third-order valence-electron chi connectivity index (χ3n) is 4.13. The molecule has 136 valence electrons. The molecule has 1 aromatic rings. The molecule has 0 aliphatic carbocycles. The third kappa shape index (κ3) is 4.70. The van der Waals surface area contributed by atoms with Crippen LogP contribution in [0.3, 0.4) is 0 Å². The van der Waals surface area contributed by atoms with Gasteiger partial charge in [-0.25, -0.2) is 4.79 Å². The molecule has 7 nitrogen and oxygen atoms in total. The molecule has 0 bridgehead atoms. The van der Waals surface area contributed by atoms with Gasteiger partial charge in [-0.15, -0.1) is 0 Å². The Bertz CT molecular complexity index is 532. The number of ether oxygens (including phenoxy) is 2. The lowest BCUT2D eigenvalue weighted by Crippen LogP contribution is -2.52. The van der Waals surface area contributed by atoms with E-state index in [-0.39, 0.29) is 17.8 Å². The summed E-state index contributed by atoms with van der Waals surface area (Å²) in [6.07, 6.45) is 3.52. The zero-order chi connectivity index (χ0) is 17.5. The second-order valence-corrected chi connectivity index (χ2v) is 6.20. The summed E-state index contributed by atoms with van der Waals surface area (Å²) < 4.78 is 16.7. The van der Waals surface area contributed by atoms with Gasteiger partial charge in [0.2, 0.25) is 0 Å². The van der Waals surface area contributed by atoms with Crippen molar-refractivity contribution in [2.75, 3.05) is 31.2 Å². The number of aromatic nitrogens is 1. The first-order valence-electron chi connectivity index (χ1n) is 8.83. The molecule has 24 heavy (non-hydrogen) atoms. The first-order valence-corrected chi connectivity index (χ1v) is 8.83. The number of carbonyl (C=O) groups excluding carboxylic acids is 1. The van der Waals surface area contributed by atoms with Crippen molar-refractivity contribution in [1.29, 1.82) is 0 Å². The number of hydrogen-bond donors (Lipinski definition) is 1. The Kier molecular flexibility index (Phi) is 7.05. The Balaban J connectivity index is 2.01. The molecule has 0 unspecified atom stereocenters. The predicted octanol–water partition coefficient (Wildman–Crippen LogP) is 2.27. The maximum atomic E-state index is 12.1. The quantitative estimate of drug-likeness (QED) is 0.574. The molecule has 2 atom stereocenters. The van der Waals surface area contributed by atoms with E-state index in [2.05, 4.69) is 11.9 Å². The number of anilines is 1. The molecular weight excluding hydrogens is 310 g/mol. The lowest BCUT2D eigenvalue weighted by atomic mass is 10.0. The van der Waals surface area contributed by atoms with E-state index in [1.54, 1.807) is 6.92 Å². The average molecular weight is 339 g/mol.